The molecule has 0 radical (unpaired) electrons. The van der Waals surface area contributed by atoms with E-state index < -0.39 is 6.08 Å². The van der Waals surface area contributed by atoms with Gasteiger partial charge in [-0.25, -0.2) is 0 Å². The Kier molecular flexibility index (Phi) is 1.80. The molecule has 2 unspecified atom stereocenters. The molecule has 0 nitrogen and oxygen atoms in total. The van der Waals surface area contributed by atoms with Gasteiger partial charge in [-0.1, -0.05) is 13.8 Å². The van der Waals surface area contributed by atoms with Crippen molar-refractivity contribution in [2.45, 2.75) is 26.7 Å². The number of rotatable bonds is 2. The standard InChI is InChI=1S/C8H12F2/c1-3-8(4-6(8)2)5-7(9)10/h5-6H,3-4H2,1-2H3. The van der Waals surface area contributed by atoms with Gasteiger partial charge >= 0.3 is 0 Å². The Morgan fingerprint density at radius 3 is 2.30 bits per heavy atom. The van der Waals surface area contributed by atoms with Crippen LogP contribution >= 0.6 is 0 Å². The average Bonchev–Trinajstić information content (AvgIpc) is 2.42. The van der Waals surface area contributed by atoms with E-state index >= 15 is 0 Å². The predicted octanol–water partition coefficient (Wildman–Crippen LogP) is 3.20. The van der Waals surface area contributed by atoms with Crippen LogP contribution in [-0.4, -0.2) is 0 Å². The Hall–Kier alpha value is -0.400. The van der Waals surface area contributed by atoms with E-state index in [2.05, 4.69) is 0 Å². The second-order valence-electron chi connectivity index (χ2n) is 3.13. The van der Waals surface area contributed by atoms with Crippen LogP contribution in [0.3, 0.4) is 0 Å². The van der Waals surface area contributed by atoms with Crippen LogP contribution in [-0.2, 0) is 0 Å². The second-order valence-corrected chi connectivity index (χ2v) is 3.13. The molecule has 0 heterocycles. The summed E-state index contributed by atoms with van der Waals surface area (Å²) in [6.07, 6.45) is 1.37. The van der Waals surface area contributed by atoms with Gasteiger partial charge in [0.05, 0.1) is 0 Å². The molecule has 0 N–H and O–H groups in total. The third-order valence-electron chi connectivity index (χ3n) is 2.56. The fraction of sp³-hybridized carbons (Fsp3) is 0.750. The molecule has 1 fully saturated rings. The van der Waals surface area contributed by atoms with Crippen LogP contribution in [0.1, 0.15) is 26.7 Å². The van der Waals surface area contributed by atoms with Crippen molar-refractivity contribution in [2.75, 3.05) is 0 Å². The minimum absolute atomic E-state index is 0.140. The van der Waals surface area contributed by atoms with E-state index in [4.69, 9.17) is 0 Å². The molecule has 2 atom stereocenters. The number of hydrogen-bond acceptors (Lipinski definition) is 0. The highest BCUT2D eigenvalue weighted by Gasteiger charge is 2.48. The van der Waals surface area contributed by atoms with Crippen LogP contribution < -0.4 is 0 Å². The third kappa shape index (κ3) is 1.20. The molecule has 0 aromatic rings. The van der Waals surface area contributed by atoms with Crippen molar-refractivity contribution in [3.05, 3.63) is 12.2 Å². The van der Waals surface area contributed by atoms with Crippen molar-refractivity contribution in [1.82, 2.24) is 0 Å². The van der Waals surface area contributed by atoms with Crippen molar-refractivity contribution < 1.29 is 8.78 Å². The molecule has 1 saturated carbocycles. The maximum atomic E-state index is 11.8. The molecular weight excluding hydrogens is 134 g/mol. The summed E-state index contributed by atoms with van der Waals surface area (Å²) in [4.78, 5) is 0. The zero-order valence-corrected chi connectivity index (χ0v) is 6.32. The number of allylic oxidation sites excluding steroid dienone is 1. The molecule has 0 saturated heterocycles. The first-order valence-corrected chi connectivity index (χ1v) is 3.64. The van der Waals surface area contributed by atoms with Crippen LogP contribution in [0.5, 0.6) is 0 Å². The molecule has 58 valence electrons. The zero-order valence-electron chi connectivity index (χ0n) is 6.32. The topological polar surface area (TPSA) is 0 Å². The van der Waals surface area contributed by atoms with Gasteiger partial charge in [0.1, 0.15) is 0 Å². The maximum absolute atomic E-state index is 11.8. The van der Waals surface area contributed by atoms with Gasteiger partial charge in [-0.05, 0) is 30.3 Å². The lowest BCUT2D eigenvalue weighted by Gasteiger charge is -2.04. The summed E-state index contributed by atoms with van der Waals surface area (Å²) in [5, 5.41) is 0. The molecule has 0 bridgehead atoms. The van der Waals surface area contributed by atoms with Gasteiger partial charge in [-0.15, -0.1) is 0 Å². The monoisotopic (exact) mass is 146 g/mol. The van der Waals surface area contributed by atoms with Crippen LogP contribution in [0.15, 0.2) is 12.2 Å². The fourth-order valence-electron chi connectivity index (χ4n) is 1.52. The van der Waals surface area contributed by atoms with E-state index in [9.17, 15) is 8.78 Å². The third-order valence-corrected chi connectivity index (χ3v) is 2.56. The van der Waals surface area contributed by atoms with Crippen molar-refractivity contribution in [3.8, 4) is 0 Å². The Morgan fingerprint density at radius 1 is 1.70 bits per heavy atom. The molecule has 1 rings (SSSR count). The molecule has 0 aromatic carbocycles. The van der Waals surface area contributed by atoms with E-state index in [0.29, 0.717) is 5.92 Å². The molecule has 0 aliphatic heterocycles. The summed E-state index contributed by atoms with van der Waals surface area (Å²) in [6.45, 7) is 3.98. The zero-order chi connectivity index (χ0) is 7.78. The first-order valence-electron chi connectivity index (χ1n) is 3.64. The van der Waals surface area contributed by atoms with Gasteiger partial charge in [-0.3, -0.25) is 0 Å². The van der Waals surface area contributed by atoms with Crippen LogP contribution in [0.25, 0.3) is 0 Å². The molecule has 1 aliphatic rings. The van der Waals surface area contributed by atoms with Crippen LogP contribution in [0.2, 0.25) is 0 Å². The molecule has 0 spiro atoms. The Bertz CT molecular complexity index is 155. The fourth-order valence-corrected chi connectivity index (χ4v) is 1.52. The average molecular weight is 146 g/mol. The van der Waals surface area contributed by atoms with Gasteiger partial charge in [0, 0.05) is 0 Å². The molecule has 10 heavy (non-hydrogen) atoms. The minimum atomic E-state index is -1.52. The molecule has 2 heteroatoms. The van der Waals surface area contributed by atoms with Crippen molar-refractivity contribution >= 4 is 0 Å². The summed E-state index contributed by atoms with van der Waals surface area (Å²) in [5.41, 5.74) is -0.140. The van der Waals surface area contributed by atoms with Crippen LogP contribution in [0, 0.1) is 11.3 Å². The van der Waals surface area contributed by atoms with E-state index in [-0.39, 0.29) is 5.41 Å². The SMILES string of the molecule is CCC1(C=C(F)F)CC1C. The first-order chi connectivity index (χ1) is 4.60. The Morgan fingerprint density at radius 2 is 2.20 bits per heavy atom. The lowest BCUT2D eigenvalue weighted by Crippen LogP contribution is -1.95. The van der Waals surface area contributed by atoms with E-state index in [1.54, 1.807) is 0 Å². The number of hydrogen-bond donors (Lipinski definition) is 0. The summed E-state index contributed by atoms with van der Waals surface area (Å²) in [6, 6.07) is 0. The summed E-state index contributed by atoms with van der Waals surface area (Å²) in [5.74, 6) is 0.457. The lowest BCUT2D eigenvalue weighted by molar-refractivity contribution is 0.399. The molecule has 1 aliphatic carbocycles. The van der Waals surface area contributed by atoms with Crippen molar-refractivity contribution in [2.24, 2.45) is 11.3 Å². The Balaban J connectivity index is 2.61. The summed E-state index contributed by atoms with van der Waals surface area (Å²) < 4.78 is 23.6. The summed E-state index contributed by atoms with van der Waals surface area (Å²) in [7, 11) is 0. The number of halogens is 2. The highest BCUT2D eigenvalue weighted by atomic mass is 19.3. The van der Waals surface area contributed by atoms with Gasteiger partial charge in [0.25, 0.3) is 6.08 Å². The second kappa shape index (κ2) is 2.33. The van der Waals surface area contributed by atoms with E-state index in [1.807, 2.05) is 13.8 Å². The van der Waals surface area contributed by atoms with Gasteiger partial charge in [-0.2, -0.15) is 8.78 Å². The largest absolute Gasteiger partial charge is 0.266 e. The summed E-state index contributed by atoms with van der Waals surface area (Å²) >= 11 is 0. The lowest BCUT2D eigenvalue weighted by atomic mass is 10.0. The highest BCUT2D eigenvalue weighted by molar-refractivity contribution is 5.12. The van der Waals surface area contributed by atoms with Crippen molar-refractivity contribution in [3.63, 3.8) is 0 Å². The smallest absolute Gasteiger partial charge is 0.174 e. The molecular formula is C8H12F2. The predicted molar refractivity (Wildman–Crippen MR) is 36.8 cm³/mol. The molecule has 0 amide bonds. The van der Waals surface area contributed by atoms with Gasteiger partial charge < -0.3 is 0 Å². The quantitative estimate of drug-likeness (QED) is 0.561. The van der Waals surface area contributed by atoms with Crippen molar-refractivity contribution in [1.29, 1.82) is 0 Å². The van der Waals surface area contributed by atoms with Crippen LogP contribution in [0.4, 0.5) is 8.78 Å². The van der Waals surface area contributed by atoms with E-state index in [1.165, 1.54) is 0 Å². The van der Waals surface area contributed by atoms with Gasteiger partial charge in [0.15, 0.2) is 0 Å². The van der Waals surface area contributed by atoms with E-state index in [0.717, 1.165) is 18.9 Å². The maximum Gasteiger partial charge on any atom is 0.266 e. The minimum Gasteiger partial charge on any atom is -0.174 e. The highest BCUT2D eigenvalue weighted by Crippen LogP contribution is 2.56. The normalized spacial score (nSPS) is 37.4. The first kappa shape index (κ1) is 7.70. The Labute approximate surface area is 59.9 Å². The molecule has 0 aromatic heterocycles. The van der Waals surface area contributed by atoms with Gasteiger partial charge in [0.2, 0.25) is 0 Å².